The first kappa shape index (κ1) is 12.0. The normalized spacial score (nSPS) is 6.50. The molecule has 1 N–H and O–H groups in total. The molecule has 0 aliphatic carbocycles. The van der Waals surface area contributed by atoms with Crippen molar-refractivity contribution in [1.29, 1.82) is 0 Å². The quantitative estimate of drug-likeness (QED) is 0.571. The molecule has 10 heavy (non-hydrogen) atoms. The van der Waals surface area contributed by atoms with E-state index in [-0.39, 0.29) is 1.43 Å². The first-order valence-corrected chi connectivity index (χ1v) is 3.99. The molecule has 1 nitrogen and oxygen atoms in total. The monoisotopic (exact) mass is 143 g/mol. The molecule has 0 spiro atoms. The van der Waals surface area contributed by atoms with E-state index in [1.807, 2.05) is 46.2 Å². The van der Waals surface area contributed by atoms with Gasteiger partial charge in [-0.05, 0) is 18.6 Å². The maximum Gasteiger partial charge on any atom is 0.00345 e. The number of nitrogens with one attached hydrogen (secondary N) is 1. The van der Waals surface area contributed by atoms with E-state index in [4.69, 9.17) is 0 Å². The van der Waals surface area contributed by atoms with Gasteiger partial charge in [-0.25, -0.2) is 0 Å². The lowest BCUT2D eigenvalue weighted by Crippen LogP contribution is -1.50. The van der Waals surface area contributed by atoms with Crippen molar-refractivity contribution in [3.8, 4) is 0 Å². The number of rotatable bonds is 0. The van der Waals surface area contributed by atoms with Gasteiger partial charge in [0.05, 0.1) is 0 Å². The lowest BCUT2D eigenvalue weighted by Gasteiger charge is -1.65. The van der Waals surface area contributed by atoms with E-state index in [0.29, 0.717) is 0 Å². The van der Waals surface area contributed by atoms with Crippen LogP contribution in [0.2, 0.25) is 0 Å². The van der Waals surface area contributed by atoms with Crippen LogP contribution >= 0.6 is 0 Å². The third-order valence-corrected chi connectivity index (χ3v) is 0.753. The summed E-state index contributed by atoms with van der Waals surface area (Å²) in [5.74, 6) is 0. The molecule has 1 aromatic rings. The van der Waals surface area contributed by atoms with E-state index in [1.54, 1.807) is 0 Å². The predicted molar refractivity (Wildman–Crippen MR) is 50.3 cm³/mol. The molecule has 0 bridgehead atoms. The van der Waals surface area contributed by atoms with E-state index in [2.05, 4.69) is 11.9 Å². The second-order valence-electron chi connectivity index (χ2n) is 1.39. The average molecular weight is 143 g/mol. The van der Waals surface area contributed by atoms with Gasteiger partial charge in [0.25, 0.3) is 0 Å². The van der Waals surface area contributed by atoms with Gasteiger partial charge in [0.1, 0.15) is 0 Å². The SMILES string of the molecule is CC.CC.Cc1cc[nH]c1.[HH]. The van der Waals surface area contributed by atoms with Crippen molar-refractivity contribution >= 4 is 0 Å². The zero-order valence-electron chi connectivity index (χ0n) is 7.73. The van der Waals surface area contributed by atoms with Crippen LogP contribution in [-0.4, -0.2) is 4.98 Å². The Balaban J connectivity index is -0.000000114. The van der Waals surface area contributed by atoms with Crippen molar-refractivity contribution in [3.05, 3.63) is 24.0 Å². The van der Waals surface area contributed by atoms with E-state index in [1.165, 1.54) is 5.56 Å². The Morgan fingerprint density at radius 2 is 1.70 bits per heavy atom. The van der Waals surface area contributed by atoms with Crippen LogP contribution in [0.3, 0.4) is 0 Å². The molecule has 0 saturated heterocycles. The number of aromatic amines is 1. The number of H-pyrrole nitrogens is 1. The first-order chi connectivity index (χ1) is 4.89. The number of hydrogen-bond acceptors (Lipinski definition) is 0. The molecule has 0 saturated carbocycles. The van der Waals surface area contributed by atoms with Gasteiger partial charge in [0.15, 0.2) is 0 Å². The molecule has 0 atom stereocenters. The number of aromatic nitrogens is 1. The first-order valence-electron chi connectivity index (χ1n) is 3.99. The van der Waals surface area contributed by atoms with Crippen LogP contribution in [0.5, 0.6) is 0 Å². The molecule has 1 heteroatoms. The minimum Gasteiger partial charge on any atom is -0.367 e. The molecule has 0 amide bonds. The second-order valence-corrected chi connectivity index (χ2v) is 1.39. The molecular formula is C9H21N. The van der Waals surface area contributed by atoms with Gasteiger partial charge < -0.3 is 4.98 Å². The van der Waals surface area contributed by atoms with Crippen LogP contribution in [-0.2, 0) is 0 Å². The largest absolute Gasteiger partial charge is 0.367 e. The Labute approximate surface area is 66.0 Å². The highest BCUT2D eigenvalue weighted by Crippen LogP contribution is 1.88. The molecule has 1 rings (SSSR count). The van der Waals surface area contributed by atoms with Crippen LogP contribution < -0.4 is 0 Å². The fourth-order valence-electron chi connectivity index (χ4n) is 0.407. The molecule has 0 radical (unpaired) electrons. The molecule has 1 heterocycles. The molecule has 0 aliphatic heterocycles. The average Bonchev–Trinajstić information content (AvgIpc) is 2.48. The standard InChI is InChI=1S/C5H7N.2C2H6.H2/c1-5-2-3-6-4-5;2*1-2;/h2-4,6H,1H3;2*1-2H3;1H. The van der Waals surface area contributed by atoms with Crippen molar-refractivity contribution in [1.82, 2.24) is 4.98 Å². The zero-order valence-corrected chi connectivity index (χ0v) is 7.73. The Morgan fingerprint density at radius 3 is 1.80 bits per heavy atom. The van der Waals surface area contributed by atoms with Gasteiger partial charge in [-0.3, -0.25) is 0 Å². The van der Waals surface area contributed by atoms with E-state index in [9.17, 15) is 0 Å². The third kappa shape index (κ3) is 7.28. The Hall–Kier alpha value is -0.720. The summed E-state index contributed by atoms with van der Waals surface area (Å²) in [5.41, 5.74) is 1.29. The van der Waals surface area contributed by atoms with Crippen LogP contribution in [0.1, 0.15) is 34.7 Å². The summed E-state index contributed by atoms with van der Waals surface area (Å²) >= 11 is 0. The summed E-state index contributed by atoms with van der Waals surface area (Å²) in [5, 5.41) is 0. The fourth-order valence-corrected chi connectivity index (χ4v) is 0.407. The van der Waals surface area contributed by atoms with Crippen molar-refractivity contribution in [2.75, 3.05) is 0 Å². The molecule has 0 aromatic carbocycles. The lowest BCUT2D eigenvalue weighted by molar-refractivity contribution is 1.39. The summed E-state index contributed by atoms with van der Waals surface area (Å²) in [6, 6.07) is 2.03. The smallest absolute Gasteiger partial charge is 0.00345 e. The van der Waals surface area contributed by atoms with Crippen LogP contribution in [0, 0.1) is 6.92 Å². The van der Waals surface area contributed by atoms with Gasteiger partial charge in [-0.1, -0.05) is 27.7 Å². The van der Waals surface area contributed by atoms with Crippen molar-refractivity contribution in [2.45, 2.75) is 34.6 Å². The number of hydrogen-bond donors (Lipinski definition) is 1. The van der Waals surface area contributed by atoms with Crippen molar-refractivity contribution in [2.24, 2.45) is 0 Å². The number of aryl methyl sites for hydroxylation is 1. The molecule has 62 valence electrons. The fraction of sp³-hybridized carbons (Fsp3) is 0.556. The second kappa shape index (κ2) is 11.1. The highest BCUT2D eigenvalue weighted by Gasteiger charge is 1.73. The van der Waals surface area contributed by atoms with E-state index in [0.717, 1.165) is 0 Å². The highest BCUT2D eigenvalue weighted by atomic mass is 14.6. The Kier molecular flexibility index (Phi) is 13.4. The summed E-state index contributed by atoms with van der Waals surface area (Å²) < 4.78 is 0. The predicted octanol–water partition coefficient (Wildman–Crippen LogP) is 3.62. The maximum atomic E-state index is 2.93. The Bertz CT molecular complexity index is 113. The lowest BCUT2D eigenvalue weighted by atomic mass is 10.4. The summed E-state index contributed by atoms with van der Waals surface area (Å²) in [7, 11) is 0. The third-order valence-electron chi connectivity index (χ3n) is 0.753. The van der Waals surface area contributed by atoms with Crippen LogP contribution in [0.25, 0.3) is 0 Å². The molecule has 0 fully saturated rings. The molecule has 1 aromatic heterocycles. The van der Waals surface area contributed by atoms with Crippen LogP contribution in [0.15, 0.2) is 18.5 Å². The van der Waals surface area contributed by atoms with Crippen molar-refractivity contribution in [3.63, 3.8) is 0 Å². The minimum atomic E-state index is 0. The van der Waals surface area contributed by atoms with Gasteiger partial charge in [-0.2, -0.15) is 0 Å². The minimum absolute atomic E-state index is 0. The molecule has 0 aliphatic rings. The molecule has 0 unspecified atom stereocenters. The Morgan fingerprint density at radius 1 is 1.20 bits per heavy atom. The molecular weight excluding hydrogens is 122 g/mol. The van der Waals surface area contributed by atoms with Crippen LogP contribution in [0.4, 0.5) is 0 Å². The highest BCUT2D eigenvalue weighted by molar-refractivity contribution is 5.03. The summed E-state index contributed by atoms with van der Waals surface area (Å²) in [6.45, 7) is 10.1. The van der Waals surface area contributed by atoms with E-state index >= 15 is 0 Å². The topological polar surface area (TPSA) is 15.8 Å². The van der Waals surface area contributed by atoms with Gasteiger partial charge >= 0.3 is 0 Å². The van der Waals surface area contributed by atoms with Gasteiger partial charge in [0, 0.05) is 13.8 Å². The zero-order chi connectivity index (χ0) is 8.41. The maximum absolute atomic E-state index is 2.93. The van der Waals surface area contributed by atoms with E-state index < -0.39 is 0 Å². The van der Waals surface area contributed by atoms with Crippen molar-refractivity contribution < 1.29 is 1.43 Å². The summed E-state index contributed by atoms with van der Waals surface area (Å²) in [4.78, 5) is 2.93. The van der Waals surface area contributed by atoms with Gasteiger partial charge in [0.2, 0.25) is 0 Å². The summed E-state index contributed by atoms with van der Waals surface area (Å²) in [6.07, 6.45) is 3.87. The van der Waals surface area contributed by atoms with Gasteiger partial charge in [-0.15, -0.1) is 0 Å².